The van der Waals surface area contributed by atoms with Crippen LogP contribution < -0.4 is 0 Å². The lowest BCUT2D eigenvalue weighted by molar-refractivity contribution is 0.293. The molecule has 1 saturated carbocycles. The zero-order chi connectivity index (χ0) is 12.8. The van der Waals surface area contributed by atoms with Gasteiger partial charge in [-0.15, -0.1) is 12.4 Å². The van der Waals surface area contributed by atoms with Crippen molar-refractivity contribution in [1.82, 2.24) is 4.90 Å². The summed E-state index contributed by atoms with van der Waals surface area (Å²) in [6, 6.07) is 6.18. The van der Waals surface area contributed by atoms with Gasteiger partial charge in [0.2, 0.25) is 0 Å². The first-order valence-electron chi connectivity index (χ1n) is 6.83. The molecule has 4 heteroatoms. The van der Waals surface area contributed by atoms with Gasteiger partial charge in [-0.2, -0.15) is 0 Å². The number of unbranched alkanes of at least 4 members (excludes halogenated alkanes) is 1. The van der Waals surface area contributed by atoms with Crippen molar-refractivity contribution in [3.8, 4) is 0 Å². The maximum atomic E-state index is 6.15. The number of rotatable bonds is 4. The lowest BCUT2D eigenvalue weighted by Crippen LogP contribution is -2.27. The smallest absolute Gasteiger partial charge is 0.0595 e. The monoisotopic (exact) mass is 319 g/mol. The summed E-state index contributed by atoms with van der Waals surface area (Å²) < 4.78 is 0. The molecule has 0 bridgehead atoms. The Morgan fingerprint density at radius 1 is 1.32 bits per heavy atom. The largest absolute Gasteiger partial charge is 0.302 e. The molecule has 3 rings (SSSR count). The fourth-order valence-electron chi connectivity index (χ4n) is 3.39. The number of hydrogen-bond acceptors (Lipinski definition) is 1. The van der Waals surface area contributed by atoms with Crippen LogP contribution in [0, 0.1) is 5.92 Å². The second-order valence-corrected chi connectivity index (χ2v) is 6.59. The van der Waals surface area contributed by atoms with Gasteiger partial charge in [-0.05, 0) is 43.0 Å². The quantitative estimate of drug-likeness (QED) is 0.771. The van der Waals surface area contributed by atoms with Gasteiger partial charge >= 0.3 is 0 Å². The highest BCUT2D eigenvalue weighted by Crippen LogP contribution is 2.59. The summed E-state index contributed by atoms with van der Waals surface area (Å²) in [5.74, 6) is 0.839. The molecular weight excluding hydrogens is 301 g/mol. The van der Waals surface area contributed by atoms with Crippen LogP contribution in [0.2, 0.25) is 10.0 Å². The molecule has 19 heavy (non-hydrogen) atoms. The minimum Gasteiger partial charge on any atom is -0.302 e. The predicted octanol–water partition coefficient (Wildman–Crippen LogP) is 4.79. The Morgan fingerprint density at radius 3 is 2.79 bits per heavy atom. The van der Waals surface area contributed by atoms with Crippen LogP contribution in [-0.2, 0) is 5.41 Å². The Kier molecular flexibility index (Phi) is 4.72. The molecule has 2 fully saturated rings. The second kappa shape index (κ2) is 5.81. The van der Waals surface area contributed by atoms with Gasteiger partial charge in [0, 0.05) is 18.5 Å². The molecule has 2 atom stereocenters. The SMILES string of the molecule is CCCCN1C[C@@H]2C[C@@]2(c2ccc(Cl)c(Cl)c2)C1.Cl. The molecule has 1 saturated heterocycles. The van der Waals surface area contributed by atoms with E-state index in [1.807, 2.05) is 6.07 Å². The number of benzene rings is 1. The van der Waals surface area contributed by atoms with E-state index in [1.54, 1.807) is 0 Å². The Bertz CT molecular complexity index is 463. The van der Waals surface area contributed by atoms with Crippen molar-refractivity contribution < 1.29 is 0 Å². The van der Waals surface area contributed by atoms with Gasteiger partial charge in [-0.3, -0.25) is 0 Å². The standard InChI is InChI=1S/C15H19Cl2N.ClH/c1-2-3-6-18-9-12-8-15(12,10-18)11-4-5-13(16)14(17)7-11;/h4-5,7,12H,2-3,6,8-10H2,1H3;1H/t12-,15-;/m0./s1. The van der Waals surface area contributed by atoms with Gasteiger partial charge in [0.25, 0.3) is 0 Å². The summed E-state index contributed by atoms with van der Waals surface area (Å²) in [5, 5.41) is 1.36. The van der Waals surface area contributed by atoms with Crippen molar-refractivity contribution in [3.05, 3.63) is 33.8 Å². The maximum absolute atomic E-state index is 6.15. The molecule has 1 nitrogen and oxygen atoms in total. The normalized spacial score (nSPS) is 28.9. The molecule has 0 aromatic heterocycles. The van der Waals surface area contributed by atoms with Crippen molar-refractivity contribution in [3.63, 3.8) is 0 Å². The van der Waals surface area contributed by atoms with Crippen LogP contribution in [0.1, 0.15) is 31.7 Å². The Hall–Kier alpha value is 0.0500. The number of nitrogens with zero attached hydrogens (tertiary/aromatic N) is 1. The van der Waals surface area contributed by atoms with Crippen molar-refractivity contribution in [2.45, 2.75) is 31.6 Å². The highest BCUT2D eigenvalue weighted by Gasteiger charge is 2.60. The summed E-state index contributed by atoms with van der Waals surface area (Å²) in [7, 11) is 0. The molecule has 0 unspecified atom stereocenters. The van der Waals surface area contributed by atoms with Crippen molar-refractivity contribution >= 4 is 35.6 Å². The minimum absolute atomic E-state index is 0. The average molecular weight is 321 g/mol. The van der Waals surface area contributed by atoms with Gasteiger partial charge in [-0.1, -0.05) is 42.6 Å². The Morgan fingerprint density at radius 2 is 2.11 bits per heavy atom. The molecule has 1 heterocycles. The first-order chi connectivity index (χ1) is 8.65. The fraction of sp³-hybridized carbons (Fsp3) is 0.600. The van der Waals surface area contributed by atoms with Gasteiger partial charge in [-0.25, -0.2) is 0 Å². The van der Waals surface area contributed by atoms with E-state index in [2.05, 4.69) is 24.0 Å². The van der Waals surface area contributed by atoms with Gasteiger partial charge in [0.05, 0.1) is 10.0 Å². The summed E-state index contributed by atoms with van der Waals surface area (Å²) in [5.41, 5.74) is 1.78. The molecule has 1 aromatic rings. The zero-order valence-corrected chi connectivity index (χ0v) is 13.5. The summed E-state index contributed by atoms with van der Waals surface area (Å²) in [6.07, 6.45) is 3.92. The summed E-state index contributed by atoms with van der Waals surface area (Å²) in [6.45, 7) is 5.97. The fourth-order valence-corrected chi connectivity index (χ4v) is 3.69. The van der Waals surface area contributed by atoms with Crippen LogP contribution in [0.5, 0.6) is 0 Å². The molecule has 0 spiro atoms. The highest BCUT2D eigenvalue weighted by atomic mass is 35.5. The van der Waals surface area contributed by atoms with Gasteiger partial charge < -0.3 is 4.90 Å². The number of halogens is 3. The van der Waals surface area contributed by atoms with Gasteiger partial charge in [0.15, 0.2) is 0 Å². The third-order valence-electron chi connectivity index (χ3n) is 4.54. The molecular formula is C15H20Cl3N. The van der Waals surface area contributed by atoms with E-state index >= 15 is 0 Å². The molecule has 2 aliphatic rings. The van der Waals surface area contributed by atoms with Crippen LogP contribution in [0.4, 0.5) is 0 Å². The molecule has 1 aliphatic heterocycles. The first kappa shape index (κ1) is 15.4. The number of likely N-dealkylation sites (tertiary alicyclic amines) is 1. The second-order valence-electron chi connectivity index (χ2n) is 5.77. The van der Waals surface area contributed by atoms with Crippen LogP contribution in [-0.4, -0.2) is 24.5 Å². The first-order valence-corrected chi connectivity index (χ1v) is 7.59. The van der Waals surface area contributed by atoms with Crippen LogP contribution in [0.3, 0.4) is 0 Å². The Balaban J connectivity index is 0.00000133. The van der Waals surface area contributed by atoms with Crippen molar-refractivity contribution in [2.24, 2.45) is 5.92 Å². The average Bonchev–Trinajstić information content (AvgIpc) is 2.93. The lowest BCUT2D eigenvalue weighted by Gasteiger charge is -2.21. The van der Waals surface area contributed by atoms with E-state index in [1.165, 1.54) is 44.5 Å². The molecule has 0 amide bonds. The third-order valence-corrected chi connectivity index (χ3v) is 5.28. The minimum atomic E-state index is 0. The predicted molar refractivity (Wildman–Crippen MR) is 84.8 cm³/mol. The van der Waals surface area contributed by atoms with E-state index in [9.17, 15) is 0 Å². The highest BCUT2D eigenvalue weighted by molar-refractivity contribution is 6.42. The zero-order valence-electron chi connectivity index (χ0n) is 11.2. The van der Waals surface area contributed by atoms with Crippen LogP contribution >= 0.6 is 35.6 Å². The molecule has 0 radical (unpaired) electrons. The maximum Gasteiger partial charge on any atom is 0.0595 e. The van der Waals surface area contributed by atoms with E-state index < -0.39 is 0 Å². The van der Waals surface area contributed by atoms with E-state index in [-0.39, 0.29) is 12.4 Å². The number of fused-ring (bicyclic) bond motifs is 1. The summed E-state index contributed by atoms with van der Waals surface area (Å²) >= 11 is 12.1. The Labute approximate surface area is 131 Å². The topological polar surface area (TPSA) is 3.24 Å². The van der Waals surface area contributed by atoms with Crippen LogP contribution in [0.25, 0.3) is 0 Å². The third kappa shape index (κ3) is 2.76. The van der Waals surface area contributed by atoms with E-state index in [0.717, 1.165) is 5.92 Å². The molecule has 1 aliphatic carbocycles. The number of hydrogen-bond donors (Lipinski definition) is 0. The lowest BCUT2D eigenvalue weighted by atomic mass is 9.95. The van der Waals surface area contributed by atoms with Gasteiger partial charge in [0.1, 0.15) is 0 Å². The number of piperidine rings is 1. The van der Waals surface area contributed by atoms with Crippen molar-refractivity contribution in [2.75, 3.05) is 19.6 Å². The molecule has 1 aromatic carbocycles. The van der Waals surface area contributed by atoms with E-state index in [0.29, 0.717) is 15.5 Å². The van der Waals surface area contributed by atoms with E-state index in [4.69, 9.17) is 23.2 Å². The summed E-state index contributed by atoms with van der Waals surface area (Å²) in [4.78, 5) is 2.61. The van der Waals surface area contributed by atoms with Crippen LogP contribution in [0.15, 0.2) is 18.2 Å². The molecule has 0 N–H and O–H groups in total. The molecule has 106 valence electrons. The van der Waals surface area contributed by atoms with Crippen molar-refractivity contribution in [1.29, 1.82) is 0 Å².